The fourth-order valence-corrected chi connectivity index (χ4v) is 4.30. The summed E-state index contributed by atoms with van der Waals surface area (Å²) in [4.78, 5) is 20.0. The van der Waals surface area contributed by atoms with Crippen molar-refractivity contribution >= 4 is 50.5 Å². The van der Waals surface area contributed by atoms with Crippen molar-refractivity contribution in [2.75, 3.05) is 20.8 Å². The van der Waals surface area contributed by atoms with Gasteiger partial charge in [-0.25, -0.2) is 4.99 Å². The fraction of sp³-hybridized carbons (Fsp3) is 0.238. The van der Waals surface area contributed by atoms with Gasteiger partial charge < -0.3 is 9.47 Å². The Morgan fingerprint density at radius 3 is 2.50 bits per heavy atom. The Morgan fingerprint density at radius 1 is 1.14 bits per heavy atom. The second kappa shape index (κ2) is 9.30. The molecule has 0 N–H and O–H groups in total. The van der Waals surface area contributed by atoms with E-state index in [2.05, 4.69) is 20.9 Å². The zero-order valence-electron chi connectivity index (χ0n) is 15.9. The van der Waals surface area contributed by atoms with Crippen molar-refractivity contribution < 1.29 is 14.3 Å². The molecule has 0 aliphatic carbocycles. The predicted octanol–water partition coefficient (Wildman–Crippen LogP) is 5.48. The minimum absolute atomic E-state index is 0.0458. The summed E-state index contributed by atoms with van der Waals surface area (Å²) in [5.41, 5.74) is 1.62. The first-order chi connectivity index (χ1) is 13.6. The van der Waals surface area contributed by atoms with Crippen molar-refractivity contribution in [1.82, 2.24) is 4.90 Å². The van der Waals surface area contributed by atoms with Crippen LogP contribution in [0.15, 0.2) is 56.8 Å². The topological polar surface area (TPSA) is 51.1 Å². The third-order valence-corrected chi connectivity index (χ3v) is 5.73. The van der Waals surface area contributed by atoms with Crippen molar-refractivity contribution in [3.05, 3.63) is 57.4 Å². The Morgan fingerprint density at radius 2 is 1.86 bits per heavy atom. The van der Waals surface area contributed by atoms with Gasteiger partial charge in [0.2, 0.25) is 0 Å². The lowest BCUT2D eigenvalue weighted by Crippen LogP contribution is -2.29. The third-order valence-electron chi connectivity index (χ3n) is 4.11. The number of carbonyl (C=O) groups is 1. The molecule has 2 aromatic rings. The highest BCUT2D eigenvalue weighted by molar-refractivity contribution is 9.10. The Kier molecular flexibility index (Phi) is 6.80. The van der Waals surface area contributed by atoms with Gasteiger partial charge in [0.05, 0.1) is 29.3 Å². The number of aliphatic imine (C=N–C) groups is 1. The molecule has 1 fully saturated rings. The number of rotatable bonds is 6. The van der Waals surface area contributed by atoms with Gasteiger partial charge in [-0.1, -0.05) is 25.1 Å². The molecular weight excluding hydrogens is 440 g/mol. The van der Waals surface area contributed by atoms with Crippen LogP contribution in [0, 0.1) is 0 Å². The Balaban J connectivity index is 2.00. The van der Waals surface area contributed by atoms with Crippen molar-refractivity contribution in [2.45, 2.75) is 13.3 Å². The molecular formula is C21H21BrN2O3S. The number of ether oxygens (including phenoxy) is 2. The molecule has 1 saturated heterocycles. The molecule has 0 saturated carbocycles. The smallest absolute Gasteiger partial charge is 0.266 e. The zero-order valence-corrected chi connectivity index (χ0v) is 18.3. The van der Waals surface area contributed by atoms with Gasteiger partial charge in [0, 0.05) is 18.2 Å². The lowest BCUT2D eigenvalue weighted by atomic mass is 10.1. The maximum Gasteiger partial charge on any atom is 0.266 e. The lowest BCUT2D eigenvalue weighted by molar-refractivity contribution is -0.122. The number of carbonyl (C=O) groups excluding carboxylic acids is 1. The minimum atomic E-state index is -0.0458. The summed E-state index contributed by atoms with van der Waals surface area (Å²) >= 11 is 4.87. The van der Waals surface area contributed by atoms with E-state index < -0.39 is 0 Å². The first-order valence-electron chi connectivity index (χ1n) is 8.84. The molecule has 28 heavy (non-hydrogen) atoms. The quantitative estimate of drug-likeness (QED) is 0.535. The second-order valence-corrected chi connectivity index (χ2v) is 7.89. The molecule has 1 heterocycles. The number of thioether (sulfide) groups is 1. The van der Waals surface area contributed by atoms with Gasteiger partial charge in [0.25, 0.3) is 5.91 Å². The van der Waals surface area contributed by atoms with Crippen LogP contribution in [0.2, 0.25) is 0 Å². The van der Waals surface area contributed by atoms with E-state index in [1.165, 1.54) is 11.8 Å². The Labute approximate surface area is 177 Å². The van der Waals surface area contributed by atoms with Crippen molar-refractivity contribution in [1.29, 1.82) is 0 Å². The van der Waals surface area contributed by atoms with Gasteiger partial charge in [-0.2, -0.15) is 0 Å². The molecule has 1 amide bonds. The highest BCUT2D eigenvalue weighted by Crippen LogP contribution is 2.38. The highest BCUT2D eigenvalue weighted by atomic mass is 79.9. The lowest BCUT2D eigenvalue weighted by Gasteiger charge is -2.14. The fourth-order valence-electron chi connectivity index (χ4n) is 2.76. The average Bonchev–Trinajstić information content (AvgIpc) is 2.98. The molecule has 2 aromatic carbocycles. The molecule has 0 bridgehead atoms. The predicted molar refractivity (Wildman–Crippen MR) is 118 cm³/mol. The van der Waals surface area contributed by atoms with Crippen molar-refractivity contribution in [3.63, 3.8) is 0 Å². The molecule has 7 heteroatoms. The summed E-state index contributed by atoms with van der Waals surface area (Å²) in [7, 11) is 3.20. The monoisotopic (exact) mass is 460 g/mol. The number of methoxy groups -OCH3 is 2. The molecule has 1 aliphatic heterocycles. The van der Waals surface area contributed by atoms with Gasteiger partial charge in [-0.3, -0.25) is 9.69 Å². The number of hydrogen-bond acceptors (Lipinski definition) is 5. The number of hydrogen-bond donors (Lipinski definition) is 0. The van der Waals surface area contributed by atoms with Crippen molar-refractivity contribution in [2.24, 2.45) is 4.99 Å². The molecule has 0 radical (unpaired) electrons. The van der Waals surface area contributed by atoms with E-state index in [4.69, 9.17) is 9.47 Å². The molecule has 0 aromatic heterocycles. The molecule has 5 nitrogen and oxygen atoms in total. The van der Waals surface area contributed by atoms with E-state index in [0.717, 1.165) is 22.1 Å². The Bertz CT molecular complexity index is 929. The van der Waals surface area contributed by atoms with E-state index in [0.29, 0.717) is 28.1 Å². The van der Waals surface area contributed by atoms with Gasteiger partial charge >= 0.3 is 0 Å². The van der Waals surface area contributed by atoms with E-state index in [9.17, 15) is 4.79 Å². The normalized spacial score (nSPS) is 16.9. The number of amidine groups is 1. The van der Waals surface area contributed by atoms with Crippen LogP contribution >= 0.6 is 27.7 Å². The van der Waals surface area contributed by atoms with Crippen molar-refractivity contribution in [3.8, 4) is 11.5 Å². The van der Waals surface area contributed by atoms with E-state index in [1.54, 1.807) is 25.2 Å². The van der Waals surface area contributed by atoms with Crippen LogP contribution in [-0.2, 0) is 4.79 Å². The van der Waals surface area contributed by atoms with Crippen LogP contribution in [0.3, 0.4) is 0 Å². The summed E-state index contributed by atoms with van der Waals surface area (Å²) in [6.45, 7) is 2.67. The zero-order chi connectivity index (χ0) is 20.1. The van der Waals surface area contributed by atoms with E-state index in [-0.39, 0.29) is 5.91 Å². The molecule has 0 spiro atoms. The van der Waals surface area contributed by atoms with Crippen LogP contribution < -0.4 is 9.47 Å². The number of benzene rings is 2. The summed E-state index contributed by atoms with van der Waals surface area (Å²) in [5.74, 6) is 1.26. The third kappa shape index (κ3) is 4.42. The first kappa shape index (κ1) is 20.5. The van der Waals surface area contributed by atoms with Gasteiger partial charge in [-0.05, 0) is 58.4 Å². The van der Waals surface area contributed by atoms with Gasteiger partial charge in [0.1, 0.15) is 11.5 Å². The van der Waals surface area contributed by atoms with Crippen LogP contribution in [0.1, 0.15) is 18.9 Å². The number of para-hydroxylation sites is 1. The summed E-state index contributed by atoms with van der Waals surface area (Å²) < 4.78 is 11.6. The van der Waals surface area contributed by atoms with Crippen LogP contribution in [0.4, 0.5) is 5.69 Å². The van der Waals surface area contributed by atoms with Crippen LogP contribution in [0.25, 0.3) is 6.08 Å². The SMILES string of the molecule is CCCN1C(=O)/C(=C\c2cc(Br)c(OC)cc2OC)SC1=Nc1ccccc1. The standard InChI is InChI=1S/C21H21BrN2O3S/c1-4-10-24-20(25)19(28-21(24)23-15-8-6-5-7-9-15)12-14-11-16(22)18(27-3)13-17(14)26-2/h5-9,11-13H,4,10H2,1-3H3/b19-12+,23-21?. The first-order valence-corrected chi connectivity index (χ1v) is 10.4. The molecule has 0 atom stereocenters. The molecule has 1 aliphatic rings. The molecule has 0 unspecified atom stereocenters. The summed E-state index contributed by atoms with van der Waals surface area (Å²) in [6, 6.07) is 13.3. The second-order valence-electron chi connectivity index (χ2n) is 6.03. The van der Waals surface area contributed by atoms with Gasteiger partial charge in [-0.15, -0.1) is 0 Å². The van der Waals surface area contributed by atoms with Crippen LogP contribution in [0.5, 0.6) is 11.5 Å². The maximum atomic E-state index is 13.0. The number of amides is 1. The molecule has 3 rings (SSSR count). The van der Waals surface area contributed by atoms with Crippen LogP contribution in [-0.4, -0.2) is 36.7 Å². The van der Waals surface area contributed by atoms with Gasteiger partial charge in [0.15, 0.2) is 5.17 Å². The number of nitrogens with zero attached hydrogens (tertiary/aromatic N) is 2. The van der Waals surface area contributed by atoms with E-state index in [1.807, 2.05) is 49.4 Å². The average molecular weight is 461 g/mol. The summed E-state index contributed by atoms with van der Waals surface area (Å²) in [6.07, 6.45) is 2.69. The van der Waals surface area contributed by atoms with E-state index >= 15 is 0 Å². The number of halogens is 1. The molecule has 146 valence electrons. The Hall–Kier alpha value is -2.25. The highest BCUT2D eigenvalue weighted by Gasteiger charge is 2.33. The minimum Gasteiger partial charge on any atom is -0.496 e. The summed E-state index contributed by atoms with van der Waals surface area (Å²) in [5, 5.41) is 0.691. The maximum absolute atomic E-state index is 13.0. The largest absolute Gasteiger partial charge is 0.496 e.